The highest BCUT2D eigenvalue weighted by molar-refractivity contribution is 7.07. The summed E-state index contributed by atoms with van der Waals surface area (Å²) >= 11 is 7.71. The highest BCUT2D eigenvalue weighted by Crippen LogP contribution is 2.37. The molecule has 1 N–H and O–H groups in total. The number of carbonyl (C=O) groups excluding carboxylic acids is 2. The molecule has 4 aromatic rings. The van der Waals surface area contributed by atoms with Gasteiger partial charge in [0.05, 0.1) is 47.2 Å². The predicted molar refractivity (Wildman–Crippen MR) is 177 cm³/mol. The molecule has 2 heterocycles. The number of nitrogens with zero attached hydrogens (tertiary/aromatic N) is 2. The lowest BCUT2D eigenvalue weighted by atomic mass is 9.95. The smallest absolute Gasteiger partial charge is 0.344 e. The number of aromatic nitrogens is 1. The molecule has 1 aromatic heterocycles. The number of hydrogen-bond donors (Lipinski definition) is 1. The van der Waals surface area contributed by atoms with E-state index < -0.39 is 12.0 Å². The lowest BCUT2D eigenvalue weighted by Gasteiger charge is -2.25. The number of methoxy groups -OCH3 is 1. The van der Waals surface area contributed by atoms with Crippen molar-refractivity contribution in [3.8, 4) is 17.2 Å². The van der Waals surface area contributed by atoms with E-state index in [4.69, 9.17) is 35.5 Å². The molecule has 5 rings (SSSR count). The van der Waals surface area contributed by atoms with Crippen molar-refractivity contribution < 1.29 is 28.5 Å². The number of carbonyl (C=O) groups is 2. The van der Waals surface area contributed by atoms with Crippen LogP contribution in [0.15, 0.2) is 87.8 Å². The fourth-order valence-corrected chi connectivity index (χ4v) is 6.33. The van der Waals surface area contributed by atoms with Crippen molar-refractivity contribution in [1.29, 1.82) is 0 Å². The van der Waals surface area contributed by atoms with E-state index in [1.807, 2.05) is 49.4 Å². The molecular weight excluding hydrogens is 630 g/mol. The van der Waals surface area contributed by atoms with Gasteiger partial charge in [-0.3, -0.25) is 14.2 Å². The Balaban J connectivity index is 1.59. The molecule has 0 unspecified atom stereocenters. The number of hydrogen-bond acceptors (Lipinski definition) is 9. The number of benzene rings is 3. The first kappa shape index (κ1) is 32.5. The highest BCUT2D eigenvalue weighted by atomic mass is 35.5. The van der Waals surface area contributed by atoms with Crippen molar-refractivity contribution in [2.75, 3.05) is 32.2 Å². The summed E-state index contributed by atoms with van der Waals surface area (Å²) in [6, 6.07) is 18.9. The number of anilines is 1. The van der Waals surface area contributed by atoms with Gasteiger partial charge in [0.25, 0.3) is 11.5 Å². The third-order valence-corrected chi connectivity index (χ3v) is 8.26. The van der Waals surface area contributed by atoms with Crippen LogP contribution in [-0.2, 0) is 14.3 Å². The minimum atomic E-state index is -0.755. The molecule has 10 nitrogen and oxygen atoms in total. The Morgan fingerprint density at radius 1 is 1.04 bits per heavy atom. The van der Waals surface area contributed by atoms with Crippen LogP contribution in [0.4, 0.5) is 5.69 Å². The van der Waals surface area contributed by atoms with Crippen LogP contribution < -0.4 is 34.4 Å². The summed E-state index contributed by atoms with van der Waals surface area (Å²) in [7, 11) is 1.45. The number of amides is 1. The number of thiazole rings is 1. The molecule has 0 bridgehead atoms. The molecule has 12 heteroatoms. The molecule has 0 radical (unpaired) electrons. The van der Waals surface area contributed by atoms with Gasteiger partial charge in [0.1, 0.15) is 5.75 Å². The molecule has 0 saturated heterocycles. The maximum atomic E-state index is 14.1. The van der Waals surface area contributed by atoms with Crippen LogP contribution >= 0.6 is 22.9 Å². The molecule has 3 aromatic carbocycles. The fourth-order valence-electron chi connectivity index (χ4n) is 5.01. The van der Waals surface area contributed by atoms with Crippen LogP contribution in [0.1, 0.15) is 37.9 Å². The normalized spacial score (nSPS) is 14.3. The summed E-state index contributed by atoms with van der Waals surface area (Å²) in [5.41, 5.74) is 2.41. The zero-order valence-electron chi connectivity index (χ0n) is 25.7. The Labute approximate surface area is 274 Å². The standard InChI is InChI=1S/C34H32ClN3O7S/c1-5-43-24-14-12-22(13-15-24)30-29(32(40)37-23-10-8-7-9-11-23)20(3)36-34-38(30)33(41)27(46-34)18-21-16-25(35)31(26(17-21)42-4)45-19-28(39)44-6-2/h7-18,30H,5-6,19H2,1-4H3,(H,37,40)/b27-18-/t30-/m0/s1. The number of nitrogens with one attached hydrogen (secondary N) is 1. The van der Waals surface area contributed by atoms with Crippen molar-refractivity contribution >= 4 is 46.6 Å². The zero-order valence-corrected chi connectivity index (χ0v) is 27.2. The number of para-hydroxylation sites is 1. The van der Waals surface area contributed by atoms with Crippen LogP contribution in [0.3, 0.4) is 0 Å². The molecule has 0 aliphatic carbocycles. The van der Waals surface area contributed by atoms with Crippen molar-refractivity contribution in [1.82, 2.24) is 4.57 Å². The first-order chi connectivity index (χ1) is 22.2. The molecule has 1 aliphatic rings. The van der Waals surface area contributed by atoms with Gasteiger partial charge in [0.15, 0.2) is 22.9 Å². The highest BCUT2D eigenvalue weighted by Gasteiger charge is 2.32. The van der Waals surface area contributed by atoms with Gasteiger partial charge in [-0.2, -0.15) is 0 Å². The van der Waals surface area contributed by atoms with E-state index in [0.717, 1.165) is 5.56 Å². The van der Waals surface area contributed by atoms with Gasteiger partial charge in [-0.25, -0.2) is 9.79 Å². The molecule has 1 amide bonds. The van der Waals surface area contributed by atoms with Gasteiger partial charge < -0.3 is 24.3 Å². The minimum absolute atomic E-state index is 0.177. The van der Waals surface area contributed by atoms with Crippen LogP contribution in [0, 0.1) is 0 Å². The number of allylic oxidation sites excluding steroid dienone is 1. The van der Waals surface area contributed by atoms with Gasteiger partial charge >= 0.3 is 5.97 Å². The third-order valence-electron chi connectivity index (χ3n) is 6.99. The van der Waals surface area contributed by atoms with Crippen LogP contribution in [0.5, 0.6) is 17.2 Å². The first-order valence-electron chi connectivity index (χ1n) is 14.5. The van der Waals surface area contributed by atoms with Gasteiger partial charge in [0, 0.05) is 5.69 Å². The van der Waals surface area contributed by atoms with E-state index in [1.165, 1.54) is 23.0 Å². The first-order valence-corrected chi connectivity index (χ1v) is 15.7. The number of ether oxygens (including phenoxy) is 4. The molecule has 0 saturated carbocycles. The van der Waals surface area contributed by atoms with Gasteiger partial charge in [-0.15, -0.1) is 0 Å². The Morgan fingerprint density at radius 3 is 2.46 bits per heavy atom. The Hall–Kier alpha value is -4.87. The van der Waals surface area contributed by atoms with E-state index in [-0.39, 0.29) is 41.2 Å². The average molecular weight is 662 g/mol. The predicted octanol–water partition coefficient (Wildman–Crippen LogP) is 4.88. The second kappa shape index (κ2) is 14.5. The fraction of sp³-hybridized carbons (Fsp3) is 0.235. The number of esters is 1. The molecule has 238 valence electrons. The van der Waals surface area contributed by atoms with Gasteiger partial charge in [0.2, 0.25) is 0 Å². The van der Waals surface area contributed by atoms with Crippen molar-refractivity contribution in [3.05, 3.63) is 114 Å². The third kappa shape index (κ3) is 7.00. The topological polar surface area (TPSA) is 117 Å². The van der Waals surface area contributed by atoms with Gasteiger partial charge in [-0.05, 0) is 74.4 Å². The van der Waals surface area contributed by atoms with E-state index >= 15 is 0 Å². The molecule has 0 spiro atoms. The lowest BCUT2D eigenvalue weighted by Crippen LogP contribution is -2.40. The second-order valence-electron chi connectivity index (χ2n) is 10.0. The molecule has 0 fully saturated rings. The van der Waals surface area contributed by atoms with Gasteiger partial charge in [-0.1, -0.05) is 53.3 Å². The molecule has 1 aliphatic heterocycles. The lowest BCUT2D eigenvalue weighted by molar-refractivity contribution is -0.145. The summed E-state index contributed by atoms with van der Waals surface area (Å²) in [5, 5.41) is 3.13. The number of fused-ring (bicyclic) bond motifs is 1. The van der Waals surface area contributed by atoms with E-state index in [1.54, 1.807) is 44.2 Å². The Kier molecular flexibility index (Phi) is 10.2. The zero-order chi connectivity index (χ0) is 32.8. The van der Waals surface area contributed by atoms with Crippen molar-refractivity contribution in [3.63, 3.8) is 0 Å². The quantitative estimate of drug-likeness (QED) is 0.228. The molecular formula is C34H32ClN3O7S. The van der Waals surface area contributed by atoms with E-state index in [2.05, 4.69) is 5.32 Å². The average Bonchev–Trinajstić information content (AvgIpc) is 3.34. The second-order valence-corrected chi connectivity index (χ2v) is 11.4. The van der Waals surface area contributed by atoms with E-state index in [0.29, 0.717) is 44.2 Å². The van der Waals surface area contributed by atoms with Crippen LogP contribution in [-0.4, -0.2) is 43.4 Å². The Morgan fingerprint density at radius 2 is 1.78 bits per heavy atom. The summed E-state index contributed by atoms with van der Waals surface area (Å²) < 4.78 is 23.5. The largest absolute Gasteiger partial charge is 0.494 e. The summed E-state index contributed by atoms with van der Waals surface area (Å²) in [5.74, 6) is 0.223. The SMILES string of the molecule is CCOC(=O)COc1c(Cl)cc(/C=c2\sc3n(c2=O)[C@@H](c2ccc(OCC)cc2)C(C(=O)Nc2ccccc2)=C(C)N=3)cc1OC. The number of rotatable bonds is 11. The summed E-state index contributed by atoms with van der Waals surface area (Å²) in [4.78, 5) is 44.8. The van der Waals surface area contributed by atoms with Crippen LogP contribution in [0.25, 0.3) is 6.08 Å². The maximum Gasteiger partial charge on any atom is 0.344 e. The van der Waals surface area contributed by atoms with Crippen molar-refractivity contribution in [2.45, 2.75) is 26.8 Å². The maximum absolute atomic E-state index is 14.1. The van der Waals surface area contributed by atoms with Crippen LogP contribution in [0.2, 0.25) is 5.02 Å². The monoisotopic (exact) mass is 661 g/mol. The molecule has 1 atom stereocenters. The number of halogens is 1. The minimum Gasteiger partial charge on any atom is -0.494 e. The summed E-state index contributed by atoms with van der Waals surface area (Å²) in [6.45, 7) is 5.75. The molecule has 46 heavy (non-hydrogen) atoms. The summed E-state index contributed by atoms with van der Waals surface area (Å²) in [6.07, 6.45) is 1.67. The van der Waals surface area contributed by atoms with E-state index in [9.17, 15) is 14.4 Å². The Bertz CT molecular complexity index is 1970. The van der Waals surface area contributed by atoms with Crippen molar-refractivity contribution in [2.24, 2.45) is 4.99 Å².